The van der Waals surface area contributed by atoms with E-state index < -0.39 is 0 Å². The Morgan fingerprint density at radius 2 is 2.00 bits per heavy atom. The van der Waals surface area contributed by atoms with Crippen LogP contribution >= 0.6 is 15.9 Å². The van der Waals surface area contributed by atoms with Gasteiger partial charge in [0.05, 0.1) is 18.2 Å². The van der Waals surface area contributed by atoms with E-state index in [-0.39, 0.29) is 0 Å². The number of hydrogen-bond donors (Lipinski definition) is 1. The lowest BCUT2D eigenvalue weighted by molar-refractivity contribution is 0.151. The highest BCUT2D eigenvalue weighted by molar-refractivity contribution is 9.10. The Kier molecular flexibility index (Phi) is 6.80. The molecular weight excluding hydrogens is 332 g/mol. The molecule has 1 heterocycles. The Balaban J connectivity index is 2.00. The van der Waals surface area contributed by atoms with Crippen LogP contribution in [0.3, 0.4) is 0 Å². The second kappa shape index (κ2) is 8.61. The van der Waals surface area contributed by atoms with Crippen molar-refractivity contribution in [2.45, 2.75) is 39.2 Å². The molecule has 0 spiro atoms. The van der Waals surface area contributed by atoms with Gasteiger partial charge >= 0.3 is 0 Å². The van der Waals surface area contributed by atoms with Gasteiger partial charge in [-0.1, -0.05) is 13.3 Å². The van der Waals surface area contributed by atoms with E-state index >= 15 is 0 Å². The number of methoxy groups -OCH3 is 1. The number of hydrogen-bond acceptors (Lipinski definition) is 4. The smallest absolute Gasteiger partial charge is 0.175 e. The van der Waals surface area contributed by atoms with Crippen molar-refractivity contribution < 1.29 is 9.47 Å². The topological polar surface area (TPSA) is 33.7 Å². The summed E-state index contributed by atoms with van der Waals surface area (Å²) in [5.74, 6) is 1.58. The molecule has 0 atom stereocenters. The summed E-state index contributed by atoms with van der Waals surface area (Å²) in [7, 11) is 1.68. The first-order valence-corrected chi connectivity index (χ1v) is 8.51. The molecule has 1 N–H and O–H groups in total. The largest absolute Gasteiger partial charge is 0.493 e. The molecule has 1 aromatic carbocycles. The molecule has 5 heteroatoms. The lowest BCUT2D eigenvalue weighted by atomic mass is 10.1. The van der Waals surface area contributed by atoms with Crippen molar-refractivity contribution in [3.05, 3.63) is 22.2 Å². The van der Waals surface area contributed by atoms with Crippen LogP contribution in [0.15, 0.2) is 16.6 Å². The number of hydrazine groups is 1. The molecule has 1 aliphatic heterocycles. The molecule has 0 bridgehead atoms. The zero-order chi connectivity index (χ0) is 15.1. The third-order valence-corrected chi connectivity index (χ3v) is 4.19. The number of ether oxygens (including phenoxy) is 2. The summed E-state index contributed by atoms with van der Waals surface area (Å²) in [6, 6.07) is 4.15. The van der Waals surface area contributed by atoms with Gasteiger partial charge in [0.2, 0.25) is 0 Å². The maximum atomic E-state index is 5.75. The Labute approximate surface area is 135 Å². The minimum absolute atomic E-state index is 0.695. The van der Waals surface area contributed by atoms with Gasteiger partial charge in [0.15, 0.2) is 11.5 Å². The standard InChI is InChI=1S/C16H25BrN2O2/c1-3-9-21-16-14(17)10-13(11-15(16)20-2)12-18-19-7-5-4-6-8-19/h10-11,18H,3-9,12H2,1-2H3. The third-order valence-electron chi connectivity index (χ3n) is 3.60. The SMILES string of the molecule is CCCOc1c(Br)cc(CNN2CCCCC2)cc1OC. The summed E-state index contributed by atoms with van der Waals surface area (Å²) in [6.45, 7) is 5.87. The molecule has 1 aliphatic rings. The lowest BCUT2D eigenvalue weighted by Gasteiger charge is -2.27. The quantitative estimate of drug-likeness (QED) is 0.806. The van der Waals surface area contributed by atoms with Crippen molar-refractivity contribution in [3.63, 3.8) is 0 Å². The lowest BCUT2D eigenvalue weighted by Crippen LogP contribution is -2.41. The van der Waals surface area contributed by atoms with Gasteiger partial charge in [-0.05, 0) is 52.9 Å². The van der Waals surface area contributed by atoms with E-state index in [0.717, 1.165) is 42.0 Å². The maximum Gasteiger partial charge on any atom is 0.175 e. The molecule has 0 amide bonds. The molecule has 4 nitrogen and oxygen atoms in total. The van der Waals surface area contributed by atoms with Gasteiger partial charge in [0.1, 0.15) is 0 Å². The zero-order valence-corrected chi connectivity index (χ0v) is 14.5. The summed E-state index contributed by atoms with van der Waals surface area (Å²) in [5, 5.41) is 2.31. The monoisotopic (exact) mass is 356 g/mol. The predicted molar refractivity (Wildman–Crippen MR) is 88.7 cm³/mol. The number of piperidine rings is 1. The molecule has 0 saturated carbocycles. The Bertz CT molecular complexity index is 448. The summed E-state index contributed by atoms with van der Waals surface area (Å²) < 4.78 is 12.2. The molecule has 21 heavy (non-hydrogen) atoms. The third kappa shape index (κ3) is 4.87. The molecular formula is C16H25BrN2O2. The Hall–Kier alpha value is -0.780. The van der Waals surface area contributed by atoms with E-state index in [1.54, 1.807) is 7.11 Å². The summed E-state index contributed by atoms with van der Waals surface area (Å²) >= 11 is 3.59. The minimum Gasteiger partial charge on any atom is -0.493 e. The maximum absolute atomic E-state index is 5.75. The van der Waals surface area contributed by atoms with Crippen LogP contribution in [0.2, 0.25) is 0 Å². The van der Waals surface area contributed by atoms with Crippen LogP contribution in [0.4, 0.5) is 0 Å². The highest BCUT2D eigenvalue weighted by Crippen LogP contribution is 2.36. The zero-order valence-electron chi connectivity index (χ0n) is 13.0. The number of nitrogens with one attached hydrogen (secondary N) is 1. The van der Waals surface area contributed by atoms with Gasteiger partial charge in [-0.15, -0.1) is 0 Å². The van der Waals surface area contributed by atoms with Gasteiger partial charge in [0, 0.05) is 19.6 Å². The van der Waals surface area contributed by atoms with E-state index in [0.29, 0.717) is 6.61 Å². The van der Waals surface area contributed by atoms with Crippen LogP contribution in [-0.2, 0) is 6.54 Å². The molecule has 2 rings (SSSR count). The van der Waals surface area contributed by atoms with E-state index in [9.17, 15) is 0 Å². The van der Waals surface area contributed by atoms with Crippen LogP contribution in [0, 0.1) is 0 Å². The predicted octanol–water partition coefficient (Wildman–Crippen LogP) is 3.74. The highest BCUT2D eigenvalue weighted by Gasteiger charge is 2.13. The normalized spacial score (nSPS) is 16.0. The Morgan fingerprint density at radius 3 is 2.67 bits per heavy atom. The number of rotatable bonds is 7. The second-order valence-electron chi connectivity index (χ2n) is 5.34. The summed E-state index contributed by atoms with van der Waals surface area (Å²) in [5.41, 5.74) is 4.68. The van der Waals surface area contributed by atoms with Crippen LogP contribution < -0.4 is 14.9 Å². The van der Waals surface area contributed by atoms with Gasteiger partial charge < -0.3 is 9.47 Å². The fourth-order valence-electron chi connectivity index (χ4n) is 2.47. The molecule has 0 aliphatic carbocycles. The van der Waals surface area contributed by atoms with Gasteiger partial charge in [-0.3, -0.25) is 5.43 Å². The Morgan fingerprint density at radius 1 is 1.24 bits per heavy atom. The number of nitrogens with zero attached hydrogens (tertiary/aromatic N) is 1. The van der Waals surface area contributed by atoms with Crippen molar-refractivity contribution in [2.75, 3.05) is 26.8 Å². The van der Waals surface area contributed by atoms with E-state index in [1.165, 1.54) is 24.8 Å². The minimum atomic E-state index is 0.695. The summed E-state index contributed by atoms with van der Waals surface area (Å²) in [6.07, 6.45) is 4.89. The van der Waals surface area contributed by atoms with E-state index in [1.807, 2.05) is 6.07 Å². The van der Waals surface area contributed by atoms with Crippen LogP contribution in [0.25, 0.3) is 0 Å². The number of halogens is 1. The average Bonchev–Trinajstić information content (AvgIpc) is 2.52. The van der Waals surface area contributed by atoms with E-state index in [2.05, 4.69) is 39.4 Å². The first kappa shape index (κ1) is 16.6. The van der Waals surface area contributed by atoms with Gasteiger partial charge in [-0.2, -0.15) is 0 Å². The fraction of sp³-hybridized carbons (Fsp3) is 0.625. The van der Waals surface area contributed by atoms with Crippen molar-refractivity contribution >= 4 is 15.9 Å². The first-order valence-electron chi connectivity index (χ1n) is 7.72. The molecule has 1 aromatic rings. The highest BCUT2D eigenvalue weighted by atomic mass is 79.9. The van der Waals surface area contributed by atoms with Crippen LogP contribution in [-0.4, -0.2) is 31.8 Å². The molecule has 0 unspecified atom stereocenters. The van der Waals surface area contributed by atoms with Crippen molar-refractivity contribution in [2.24, 2.45) is 0 Å². The first-order chi connectivity index (χ1) is 10.2. The molecule has 118 valence electrons. The molecule has 0 aromatic heterocycles. The average molecular weight is 357 g/mol. The van der Waals surface area contributed by atoms with Crippen molar-refractivity contribution in [1.29, 1.82) is 0 Å². The van der Waals surface area contributed by atoms with Crippen LogP contribution in [0.1, 0.15) is 38.2 Å². The van der Waals surface area contributed by atoms with Gasteiger partial charge in [0.25, 0.3) is 0 Å². The molecule has 1 saturated heterocycles. The van der Waals surface area contributed by atoms with Gasteiger partial charge in [-0.25, -0.2) is 5.01 Å². The van der Waals surface area contributed by atoms with Crippen molar-refractivity contribution in [3.8, 4) is 11.5 Å². The van der Waals surface area contributed by atoms with Crippen LogP contribution in [0.5, 0.6) is 11.5 Å². The molecule has 1 fully saturated rings. The molecule has 0 radical (unpaired) electrons. The van der Waals surface area contributed by atoms with Crippen molar-refractivity contribution in [1.82, 2.24) is 10.4 Å². The van der Waals surface area contributed by atoms with E-state index in [4.69, 9.17) is 9.47 Å². The summed E-state index contributed by atoms with van der Waals surface area (Å²) in [4.78, 5) is 0. The number of benzene rings is 1. The second-order valence-corrected chi connectivity index (χ2v) is 6.19. The fourth-order valence-corrected chi connectivity index (χ4v) is 3.08.